The summed E-state index contributed by atoms with van der Waals surface area (Å²) in [6, 6.07) is 0.954. The minimum Gasteiger partial charge on any atom is -0.465 e. The molecule has 2 rings (SSSR count). The van der Waals surface area contributed by atoms with Crippen LogP contribution in [-0.2, 0) is 16.9 Å². The summed E-state index contributed by atoms with van der Waals surface area (Å²) in [6.07, 6.45) is 0.342. The van der Waals surface area contributed by atoms with Crippen LogP contribution in [0.1, 0.15) is 33.4 Å². The number of hydrogen-bond donors (Lipinski definition) is 3. The first kappa shape index (κ1) is 16.8. The smallest absolute Gasteiger partial charge is 0.407 e. The molecule has 0 aromatic carbocycles. The van der Waals surface area contributed by atoms with Gasteiger partial charge in [0.2, 0.25) is 0 Å². The van der Waals surface area contributed by atoms with Gasteiger partial charge in [0.05, 0.1) is 12.2 Å². The third-order valence-corrected chi connectivity index (χ3v) is 3.83. The van der Waals surface area contributed by atoms with E-state index in [2.05, 4.69) is 15.7 Å². The molecule has 1 aromatic rings. The van der Waals surface area contributed by atoms with E-state index in [1.54, 1.807) is 31.5 Å². The number of carbonyl (C=O) groups excluding carboxylic acids is 2. The molecule has 0 radical (unpaired) electrons. The van der Waals surface area contributed by atoms with Crippen molar-refractivity contribution in [1.82, 2.24) is 25.3 Å². The number of nitrogens with one attached hydrogen (secondary N) is 2. The number of urea groups is 1. The Balaban J connectivity index is 2.54. The summed E-state index contributed by atoms with van der Waals surface area (Å²) in [7, 11) is 0. The number of nitrogens with zero attached hydrogens (tertiary/aromatic N) is 3. The highest BCUT2D eigenvalue weighted by Gasteiger charge is 2.52. The molecule has 23 heavy (non-hydrogen) atoms. The topological polar surface area (TPSA) is 117 Å². The summed E-state index contributed by atoms with van der Waals surface area (Å²) < 4.78 is 1.56. The van der Waals surface area contributed by atoms with Gasteiger partial charge in [-0.1, -0.05) is 0 Å². The van der Waals surface area contributed by atoms with E-state index in [0.29, 0.717) is 12.2 Å². The summed E-state index contributed by atoms with van der Waals surface area (Å²) in [5.74, 6) is -0.590. The van der Waals surface area contributed by atoms with Gasteiger partial charge in [-0.15, -0.1) is 0 Å². The first-order chi connectivity index (χ1) is 10.6. The van der Waals surface area contributed by atoms with E-state index in [1.807, 2.05) is 6.92 Å². The Kier molecular flexibility index (Phi) is 4.06. The van der Waals surface area contributed by atoms with E-state index in [0.717, 1.165) is 4.90 Å². The molecule has 1 aliphatic rings. The van der Waals surface area contributed by atoms with Crippen LogP contribution < -0.4 is 10.6 Å². The zero-order chi connectivity index (χ0) is 17.4. The maximum atomic E-state index is 12.5. The Labute approximate surface area is 133 Å². The number of carbonyl (C=O) groups is 3. The van der Waals surface area contributed by atoms with E-state index in [4.69, 9.17) is 0 Å². The Morgan fingerprint density at radius 2 is 2.09 bits per heavy atom. The molecule has 1 saturated heterocycles. The van der Waals surface area contributed by atoms with Crippen LogP contribution in [0.15, 0.2) is 12.3 Å². The Bertz CT molecular complexity index is 648. The summed E-state index contributed by atoms with van der Waals surface area (Å²) in [5.41, 5.74) is -1.81. The highest BCUT2D eigenvalue weighted by molar-refractivity contribution is 6.07. The molecule has 1 fully saturated rings. The van der Waals surface area contributed by atoms with Crippen LogP contribution in [0.4, 0.5) is 9.59 Å². The van der Waals surface area contributed by atoms with Gasteiger partial charge >= 0.3 is 12.1 Å². The molecule has 0 aliphatic carbocycles. The third-order valence-electron chi connectivity index (χ3n) is 3.83. The van der Waals surface area contributed by atoms with Gasteiger partial charge in [-0.3, -0.25) is 14.8 Å². The van der Waals surface area contributed by atoms with E-state index in [-0.39, 0.29) is 6.54 Å². The maximum absolute atomic E-state index is 12.5. The lowest BCUT2D eigenvalue weighted by Gasteiger charge is -2.39. The SMILES string of the molecule is CCn1nccc1C1(CN(C(=O)O)C(C)(C)C)NC(=O)NC1=O. The molecule has 4 amide bonds. The standard InChI is InChI=1S/C14H21N5O4/c1-5-19-9(6-7-15-19)14(10(20)16-11(21)17-14)8-18(12(22)23)13(2,3)4/h6-7H,5,8H2,1-4H3,(H,22,23)(H2,16,17,20,21). The van der Waals surface area contributed by atoms with Crippen LogP contribution in [-0.4, -0.2) is 49.9 Å². The van der Waals surface area contributed by atoms with Crippen molar-refractivity contribution in [2.75, 3.05) is 6.54 Å². The van der Waals surface area contributed by atoms with Gasteiger partial charge < -0.3 is 15.3 Å². The molecule has 2 heterocycles. The molecule has 3 N–H and O–H groups in total. The van der Waals surface area contributed by atoms with Crippen molar-refractivity contribution >= 4 is 18.0 Å². The predicted molar refractivity (Wildman–Crippen MR) is 80.7 cm³/mol. The van der Waals surface area contributed by atoms with E-state index in [1.165, 1.54) is 6.20 Å². The van der Waals surface area contributed by atoms with Crippen molar-refractivity contribution in [3.8, 4) is 0 Å². The van der Waals surface area contributed by atoms with Gasteiger partial charge in [0.15, 0.2) is 5.54 Å². The number of amides is 4. The summed E-state index contributed by atoms with van der Waals surface area (Å²) in [5, 5.41) is 18.4. The summed E-state index contributed by atoms with van der Waals surface area (Å²) in [4.78, 5) is 37.0. The van der Waals surface area contributed by atoms with Crippen LogP contribution in [0.5, 0.6) is 0 Å². The number of rotatable bonds is 4. The average Bonchev–Trinajstić information content (AvgIpc) is 2.99. The quantitative estimate of drug-likeness (QED) is 0.706. The molecule has 1 atom stereocenters. The van der Waals surface area contributed by atoms with E-state index >= 15 is 0 Å². The van der Waals surface area contributed by atoms with Crippen molar-refractivity contribution in [2.24, 2.45) is 0 Å². The molecule has 0 bridgehead atoms. The van der Waals surface area contributed by atoms with Gasteiger partial charge in [0.1, 0.15) is 0 Å². The van der Waals surface area contributed by atoms with Crippen LogP contribution in [0.25, 0.3) is 0 Å². The maximum Gasteiger partial charge on any atom is 0.407 e. The molecule has 1 aromatic heterocycles. The molecular formula is C14H21N5O4. The second kappa shape index (κ2) is 5.56. The number of hydrogen-bond acceptors (Lipinski definition) is 4. The lowest BCUT2D eigenvalue weighted by molar-refractivity contribution is -0.125. The Hall–Kier alpha value is -2.58. The van der Waals surface area contributed by atoms with E-state index < -0.39 is 29.1 Å². The predicted octanol–water partition coefficient (Wildman–Crippen LogP) is 0.716. The van der Waals surface area contributed by atoms with Gasteiger partial charge in [-0.2, -0.15) is 5.10 Å². The zero-order valence-electron chi connectivity index (χ0n) is 13.6. The van der Waals surface area contributed by atoms with Crippen molar-refractivity contribution in [3.63, 3.8) is 0 Å². The van der Waals surface area contributed by atoms with Crippen LogP contribution in [0.2, 0.25) is 0 Å². The molecular weight excluding hydrogens is 302 g/mol. The molecule has 9 heteroatoms. The molecule has 126 valence electrons. The fourth-order valence-electron chi connectivity index (χ4n) is 2.64. The molecule has 1 unspecified atom stereocenters. The van der Waals surface area contributed by atoms with Crippen molar-refractivity contribution in [2.45, 2.75) is 45.3 Å². The highest BCUT2D eigenvalue weighted by Crippen LogP contribution is 2.29. The van der Waals surface area contributed by atoms with Gasteiger partial charge in [-0.05, 0) is 33.8 Å². The van der Waals surface area contributed by atoms with Crippen LogP contribution in [0, 0.1) is 0 Å². The largest absolute Gasteiger partial charge is 0.465 e. The lowest BCUT2D eigenvalue weighted by Crippen LogP contribution is -2.58. The number of aromatic nitrogens is 2. The highest BCUT2D eigenvalue weighted by atomic mass is 16.4. The van der Waals surface area contributed by atoms with Crippen molar-refractivity contribution in [1.29, 1.82) is 0 Å². The normalized spacial score (nSPS) is 21.0. The lowest BCUT2D eigenvalue weighted by atomic mass is 9.92. The van der Waals surface area contributed by atoms with Crippen LogP contribution >= 0.6 is 0 Å². The average molecular weight is 323 g/mol. The van der Waals surface area contributed by atoms with E-state index in [9.17, 15) is 19.5 Å². The fraction of sp³-hybridized carbons (Fsp3) is 0.571. The summed E-state index contributed by atoms with van der Waals surface area (Å²) in [6.45, 7) is 7.28. The minimum absolute atomic E-state index is 0.213. The third kappa shape index (κ3) is 2.86. The summed E-state index contributed by atoms with van der Waals surface area (Å²) >= 11 is 0. The molecule has 9 nitrogen and oxygen atoms in total. The zero-order valence-corrected chi connectivity index (χ0v) is 13.6. The Morgan fingerprint density at radius 3 is 2.52 bits per heavy atom. The van der Waals surface area contributed by atoms with Crippen molar-refractivity contribution < 1.29 is 19.5 Å². The van der Waals surface area contributed by atoms with Gasteiger partial charge in [-0.25, -0.2) is 9.59 Å². The van der Waals surface area contributed by atoms with Gasteiger partial charge in [0, 0.05) is 18.3 Å². The first-order valence-corrected chi connectivity index (χ1v) is 7.28. The first-order valence-electron chi connectivity index (χ1n) is 7.28. The number of carboxylic acid groups (broad SMARTS) is 1. The second-order valence-electron chi connectivity index (χ2n) is 6.39. The van der Waals surface area contributed by atoms with Crippen molar-refractivity contribution in [3.05, 3.63) is 18.0 Å². The monoisotopic (exact) mass is 323 g/mol. The molecule has 0 saturated carbocycles. The molecule has 1 aliphatic heterocycles. The number of aryl methyl sites for hydroxylation is 1. The Morgan fingerprint density at radius 1 is 1.43 bits per heavy atom. The van der Waals surface area contributed by atoms with Gasteiger partial charge in [0.25, 0.3) is 5.91 Å². The second-order valence-corrected chi connectivity index (χ2v) is 6.39. The molecule has 0 spiro atoms. The number of imide groups is 1. The fourth-order valence-corrected chi connectivity index (χ4v) is 2.64. The van der Waals surface area contributed by atoms with Crippen LogP contribution in [0.3, 0.4) is 0 Å². The minimum atomic E-state index is -1.50.